The van der Waals surface area contributed by atoms with Gasteiger partial charge in [0.2, 0.25) is 0 Å². The molecule has 0 spiro atoms. The number of rotatable bonds is 6. The average Bonchev–Trinajstić information content (AvgIpc) is 3.21. The Morgan fingerprint density at radius 3 is 2.58 bits per heavy atom. The molecule has 0 aliphatic carbocycles. The smallest absolute Gasteiger partial charge is 0.273 e. The number of carbonyl (C=O) groups is 1. The van der Waals surface area contributed by atoms with Gasteiger partial charge in [0.1, 0.15) is 30.0 Å². The van der Waals surface area contributed by atoms with E-state index in [9.17, 15) is 9.18 Å². The first kappa shape index (κ1) is 17.7. The highest BCUT2D eigenvalue weighted by Crippen LogP contribution is 2.17. The number of pyridine rings is 1. The number of nitrogens with zero attached hydrogens (tertiary/aromatic N) is 5. The molecule has 0 aliphatic heterocycles. The van der Waals surface area contributed by atoms with Gasteiger partial charge in [0.05, 0.1) is 0 Å². The summed E-state index contributed by atoms with van der Waals surface area (Å²) in [6.07, 6.45) is 3.79. The molecule has 6 nitrogen and oxygen atoms in total. The zero-order valence-electron chi connectivity index (χ0n) is 14.7. The Kier molecular flexibility index (Phi) is 5.36. The van der Waals surface area contributed by atoms with E-state index in [2.05, 4.69) is 15.2 Å². The summed E-state index contributed by atoms with van der Waals surface area (Å²) >= 11 is 0. The molecule has 0 saturated carbocycles. The summed E-state index contributed by atoms with van der Waals surface area (Å²) in [7, 11) is 0. The molecule has 0 saturated heterocycles. The van der Waals surface area contributed by atoms with Crippen LogP contribution in [0.3, 0.4) is 0 Å². The van der Waals surface area contributed by atoms with Crippen molar-refractivity contribution in [1.29, 1.82) is 0 Å². The second kappa shape index (κ2) is 7.86. The molecule has 0 bridgehead atoms. The molecule has 1 aromatic carbocycles. The highest BCUT2D eigenvalue weighted by molar-refractivity contribution is 5.92. The normalized spacial score (nSPS) is 12.0. The molecule has 0 aliphatic rings. The third-order valence-electron chi connectivity index (χ3n) is 4.32. The quantitative estimate of drug-likeness (QED) is 0.682. The molecular weight excluding hydrogens is 333 g/mol. The summed E-state index contributed by atoms with van der Waals surface area (Å²) in [5.74, 6) is -0.00632. The average molecular weight is 353 g/mol. The predicted molar refractivity (Wildman–Crippen MR) is 95.2 cm³/mol. The fourth-order valence-corrected chi connectivity index (χ4v) is 2.61. The molecule has 1 amide bonds. The van der Waals surface area contributed by atoms with Crippen molar-refractivity contribution in [2.45, 2.75) is 32.9 Å². The Morgan fingerprint density at radius 2 is 1.88 bits per heavy atom. The van der Waals surface area contributed by atoms with Crippen molar-refractivity contribution in [3.8, 4) is 5.82 Å². The van der Waals surface area contributed by atoms with Gasteiger partial charge in [-0.1, -0.05) is 31.2 Å². The lowest BCUT2D eigenvalue weighted by Gasteiger charge is -2.28. The van der Waals surface area contributed by atoms with E-state index < -0.39 is 0 Å². The standard InChI is InChI=1S/C19H20FN5O/c1-3-14(2)25(11-15-7-4-5-8-16(15)20)19(26)17-9-6-10-18(23-17)24-12-21-22-13-24/h4-10,12-14H,3,11H2,1-2H3/t14-/m0/s1. The van der Waals surface area contributed by atoms with Gasteiger partial charge in [-0.05, 0) is 31.5 Å². The van der Waals surface area contributed by atoms with Crippen LogP contribution in [0.15, 0.2) is 55.1 Å². The van der Waals surface area contributed by atoms with Crippen LogP contribution in [-0.2, 0) is 6.54 Å². The van der Waals surface area contributed by atoms with Crippen LogP contribution in [-0.4, -0.2) is 36.6 Å². The number of benzene rings is 1. The molecule has 26 heavy (non-hydrogen) atoms. The number of hydrogen-bond donors (Lipinski definition) is 0. The maximum absolute atomic E-state index is 14.1. The summed E-state index contributed by atoms with van der Waals surface area (Å²) in [6.45, 7) is 4.13. The molecular formula is C19H20FN5O. The van der Waals surface area contributed by atoms with E-state index in [0.29, 0.717) is 17.1 Å². The minimum Gasteiger partial charge on any atom is -0.330 e. The largest absolute Gasteiger partial charge is 0.330 e. The van der Waals surface area contributed by atoms with Crippen molar-refractivity contribution in [2.75, 3.05) is 0 Å². The third kappa shape index (κ3) is 3.77. The molecule has 0 unspecified atom stereocenters. The van der Waals surface area contributed by atoms with Crippen LogP contribution in [0.2, 0.25) is 0 Å². The first-order valence-corrected chi connectivity index (χ1v) is 8.46. The molecule has 2 aromatic heterocycles. The van der Waals surface area contributed by atoms with Gasteiger partial charge in [-0.25, -0.2) is 9.37 Å². The fraction of sp³-hybridized carbons (Fsp3) is 0.263. The molecule has 7 heteroatoms. The Balaban J connectivity index is 1.91. The molecule has 0 N–H and O–H groups in total. The fourth-order valence-electron chi connectivity index (χ4n) is 2.61. The summed E-state index contributed by atoms with van der Waals surface area (Å²) in [5.41, 5.74) is 0.781. The van der Waals surface area contributed by atoms with Gasteiger partial charge >= 0.3 is 0 Å². The summed E-state index contributed by atoms with van der Waals surface area (Å²) < 4.78 is 15.7. The molecule has 0 fully saturated rings. The Labute approximate surface area is 151 Å². The molecule has 3 rings (SSSR count). The van der Waals surface area contributed by atoms with Crippen molar-refractivity contribution in [2.24, 2.45) is 0 Å². The van der Waals surface area contributed by atoms with Crippen molar-refractivity contribution in [1.82, 2.24) is 24.6 Å². The van der Waals surface area contributed by atoms with Crippen LogP contribution >= 0.6 is 0 Å². The van der Waals surface area contributed by atoms with E-state index in [0.717, 1.165) is 6.42 Å². The molecule has 2 heterocycles. The third-order valence-corrected chi connectivity index (χ3v) is 4.32. The van der Waals surface area contributed by atoms with Crippen molar-refractivity contribution in [3.63, 3.8) is 0 Å². The van der Waals surface area contributed by atoms with Crippen molar-refractivity contribution >= 4 is 5.91 Å². The summed E-state index contributed by atoms with van der Waals surface area (Å²) in [5, 5.41) is 7.50. The maximum atomic E-state index is 14.1. The van der Waals surface area contributed by atoms with Crippen LogP contribution in [0.4, 0.5) is 4.39 Å². The minimum atomic E-state index is -0.320. The first-order chi connectivity index (χ1) is 12.6. The van der Waals surface area contributed by atoms with Crippen molar-refractivity contribution in [3.05, 3.63) is 72.2 Å². The van der Waals surface area contributed by atoms with Crippen molar-refractivity contribution < 1.29 is 9.18 Å². The van der Waals surface area contributed by atoms with Gasteiger partial charge in [0.25, 0.3) is 5.91 Å². The SMILES string of the molecule is CC[C@H](C)N(Cc1ccccc1F)C(=O)c1cccc(-n2cnnc2)n1. The van der Waals surface area contributed by atoms with Gasteiger partial charge in [0.15, 0.2) is 0 Å². The van der Waals surface area contributed by atoms with Gasteiger partial charge in [-0.3, -0.25) is 9.36 Å². The second-order valence-corrected chi connectivity index (χ2v) is 6.03. The van der Waals surface area contributed by atoms with Crippen LogP contribution in [0.1, 0.15) is 36.3 Å². The van der Waals surface area contributed by atoms with Gasteiger partial charge < -0.3 is 4.90 Å². The molecule has 1 atom stereocenters. The Hall–Kier alpha value is -3.09. The Bertz CT molecular complexity index is 881. The lowest BCUT2D eigenvalue weighted by atomic mass is 10.1. The Morgan fingerprint density at radius 1 is 1.15 bits per heavy atom. The highest BCUT2D eigenvalue weighted by Gasteiger charge is 2.23. The van der Waals surface area contributed by atoms with E-state index in [4.69, 9.17) is 0 Å². The first-order valence-electron chi connectivity index (χ1n) is 8.46. The highest BCUT2D eigenvalue weighted by atomic mass is 19.1. The number of amides is 1. The van der Waals surface area contributed by atoms with Crippen LogP contribution in [0.5, 0.6) is 0 Å². The zero-order valence-corrected chi connectivity index (χ0v) is 14.7. The monoisotopic (exact) mass is 353 g/mol. The lowest BCUT2D eigenvalue weighted by Crippen LogP contribution is -2.38. The summed E-state index contributed by atoms with van der Waals surface area (Å²) in [6, 6.07) is 11.6. The number of halogens is 1. The van der Waals surface area contributed by atoms with E-state index >= 15 is 0 Å². The molecule has 3 aromatic rings. The van der Waals surface area contributed by atoms with Gasteiger partial charge in [-0.15, -0.1) is 10.2 Å². The zero-order chi connectivity index (χ0) is 18.5. The number of aromatic nitrogens is 4. The topological polar surface area (TPSA) is 63.9 Å². The van der Waals surface area contributed by atoms with Crippen LogP contribution in [0, 0.1) is 5.82 Å². The number of carbonyl (C=O) groups excluding carboxylic acids is 1. The second-order valence-electron chi connectivity index (χ2n) is 6.03. The van der Waals surface area contributed by atoms with Gasteiger partial charge in [-0.2, -0.15) is 0 Å². The van der Waals surface area contributed by atoms with E-state index in [1.807, 2.05) is 13.8 Å². The van der Waals surface area contributed by atoms with E-state index in [1.54, 1.807) is 45.9 Å². The minimum absolute atomic E-state index is 0.0533. The molecule has 134 valence electrons. The number of hydrogen-bond acceptors (Lipinski definition) is 4. The lowest BCUT2D eigenvalue weighted by molar-refractivity contribution is 0.0663. The van der Waals surface area contributed by atoms with E-state index in [1.165, 1.54) is 18.7 Å². The van der Waals surface area contributed by atoms with E-state index in [-0.39, 0.29) is 24.3 Å². The van der Waals surface area contributed by atoms with Crippen LogP contribution < -0.4 is 0 Å². The van der Waals surface area contributed by atoms with Crippen LogP contribution in [0.25, 0.3) is 5.82 Å². The predicted octanol–water partition coefficient (Wildman–Crippen LogP) is 3.24. The summed E-state index contributed by atoms with van der Waals surface area (Å²) in [4.78, 5) is 19.1. The maximum Gasteiger partial charge on any atom is 0.273 e. The van der Waals surface area contributed by atoms with Gasteiger partial charge in [0, 0.05) is 18.2 Å². The molecule has 0 radical (unpaired) electrons.